The zero-order valence-corrected chi connectivity index (χ0v) is 20.1. The highest BCUT2D eigenvalue weighted by Crippen LogP contribution is 2.12. The zero-order valence-electron chi connectivity index (χ0n) is 20.1. The fourth-order valence-corrected chi connectivity index (χ4v) is 2.66. The van der Waals surface area contributed by atoms with E-state index >= 15 is 0 Å². The first-order chi connectivity index (χ1) is 13.7. The second kappa shape index (κ2) is 21.8. The van der Waals surface area contributed by atoms with Crippen molar-refractivity contribution in [1.29, 1.82) is 0 Å². The van der Waals surface area contributed by atoms with Crippen LogP contribution < -0.4 is 27.0 Å². The molecule has 0 atom stereocenters. The largest absolute Gasteiger partial charge is 0.889 e. The minimum Gasteiger partial charge on any atom is -0.889 e. The molecule has 0 aliphatic rings. The van der Waals surface area contributed by atoms with Crippen molar-refractivity contribution in [3.63, 3.8) is 0 Å². The molecule has 0 saturated carbocycles. The van der Waals surface area contributed by atoms with E-state index in [0.29, 0.717) is 17.5 Å². The van der Waals surface area contributed by atoms with Gasteiger partial charge >= 0.3 is 0 Å². The maximum Gasteiger partial charge on any atom is 0.0786 e. The Morgan fingerprint density at radius 3 is 1.38 bits per heavy atom. The Hall–Kier alpha value is -0.875. The summed E-state index contributed by atoms with van der Waals surface area (Å²) in [5.41, 5.74) is 8.86. The summed E-state index contributed by atoms with van der Waals surface area (Å²) in [5, 5.41) is 21.5. The molecule has 0 radical (unpaired) electrons. The van der Waals surface area contributed by atoms with E-state index in [2.05, 4.69) is 46.1 Å². The fourth-order valence-electron chi connectivity index (χ4n) is 2.66. The summed E-state index contributed by atoms with van der Waals surface area (Å²) in [5.74, 6) is 0. The van der Waals surface area contributed by atoms with Gasteiger partial charge in [-0.1, -0.05) is 96.1 Å². The van der Waals surface area contributed by atoms with Gasteiger partial charge in [-0.3, -0.25) is 0 Å². The Balaban J connectivity index is 0. The van der Waals surface area contributed by atoms with Gasteiger partial charge in [0, 0.05) is 0 Å². The van der Waals surface area contributed by atoms with Gasteiger partial charge in [-0.15, -0.1) is 5.46 Å². The van der Waals surface area contributed by atoms with Crippen LogP contribution >= 0.6 is 0 Å². The van der Waals surface area contributed by atoms with Gasteiger partial charge in [-0.25, -0.2) is 0 Å². The standard InChI is InChI=1S/C18H29BO2.2C3H9N/c1-2-3-4-5-6-7-8-9-10-11-12-17-13-15-18(16-14-17)19(20)21;2*1-3(2)4/h13-16H,2-12H2,1H3;2*3H,4H2,1-2H3/q-2;;/p+2. The first-order valence-corrected chi connectivity index (χ1v) is 11.8. The second-order valence-corrected chi connectivity index (χ2v) is 8.79. The molecule has 0 amide bonds. The number of hydrogen-bond donors (Lipinski definition) is 2. The summed E-state index contributed by atoms with van der Waals surface area (Å²) in [6, 6.07) is 8.37. The molecule has 0 bridgehead atoms. The molecule has 0 aromatic heterocycles. The summed E-state index contributed by atoms with van der Waals surface area (Å²) in [6.07, 6.45) is 14.5. The lowest BCUT2D eigenvalue weighted by Crippen LogP contribution is -2.57. The van der Waals surface area contributed by atoms with Gasteiger partial charge < -0.3 is 21.5 Å². The Kier molecular flexibility index (Phi) is 22.8. The molecule has 1 aromatic carbocycles. The van der Waals surface area contributed by atoms with Gasteiger partial charge in [-0.2, -0.15) is 0 Å². The van der Waals surface area contributed by atoms with Crippen LogP contribution in [0.1, 0.15) is 104 Å². The minimum absolute atomic E-state index is 0.349. The monoisotopic (exact) mass is 408 g/mol. The van der Waals surface area contributed by atoms with E-state index in [1.54, 1.807) is 12.1 Å². The van der Waals surface area contributed by atoms with Crippen molar-refractivity contribution in [3.05, 3.63) is 29.8 Å². The molecule has 1 rings (SSSR count). The van der Waals surface area contributed by atoms with Crippen molar-refractivity contribution < 1.29 is 21.5 Å². The molecule has 4 nitrogen and oxygen atoms in total. The van der Waals surface area contributed by atoms with Crippen LogP contribution in [0, 0.1) is 0 Å². The normalized spacial score (nSPS) is 10.3. The first-order valence-electron chi connectivity index (χ1n) is 11.8. The fraction of sp³-hybridized carbons (Fsp3) is 0.750. The van der Waals surface area contributed by atoms with E-state index in [9.17, 15) is 10.0 Å². The second-order valence-electron chi connectivity index (χ2n) is 8.79. The molecule has 0 unspecified atom stereocenters. The molecule has 0 aliphatic carbocycles. The van der Waals surface area contributed by atoms with Crippen LogP contribution in [-0.4, -0.2) is 19.2 Å². The van der Waals surface area contributed by atoms with Crippen LogP contribution in [0.4, 0.5) is 0 Å². The molecule has 0 spiro atoms. The smallest absolute Gasteiger partial charge is 0.0786 e. The Bertz CT molecular complexity index is 426. The SMILES string of the molecule is CC(C)[NH3+].CC(C)[NH3+].CCCCCCCCCCCCc1ccc(B([O-])[O-])cc1. The van der Waals surface area contributed by atoms with Gasteiger partial charge in [0.25, 0.3) is 0 Å². The summed E-state index contributed by atoms with van der Waals surface area (Å²) in [6.45, 7) is 10.5. The van der Waals surface area contributed by atoms with Crippen molar-refractivity contribution in [2.24, 2.45) is 0 Å². The molecule has 170 valence electrons. The third kappa shape index (κ3) is 27.1. The lowest BCUT2D eigenvalue weighted by Gasteiger charge is -2.26. The maximum absolute atomic E-state index is 10.7. The third-order valence-corrected chi connectivity index (χ3v) is 4.07. The highest BCUT2D eigenvalue weighted by molar-refractivity contribution is 6.55. The highest BCUT2D eigenvalue weighted by Gasteiger charge is 1.95. The highest BCUT2D eigenvalue weighted by atomic mass is 16.4. The third-order valence-electron chi connectivity index (χ3n) is 4.07. The van der Waals surface area contributed by atoms with Crippen LogP contribution in [0.2, 0.25) is 0 Å². The van der Waals surface area contributed by atoms with E-state index in [0.717, 1.165) is 6.42 Å². The lowest BCUT2D eigenvalue weighted by molar-refractivity contribution is -0.408. The number of unbranched alkanes of at least 4 members (excludes halogenated alkanes) is 9. The number of hydrogen-bond acceptors (Lipinski definition) is 2. The maximum atomic E-state index is 10.7. The quantitative estimate of drug-likeness (QED) is 0.407. The average molecular weight is 408 g/mol. The Labute approximate surface area is 181 Å². The number of benzene rings is 1. The Morgan fingerprint density at radius 1 is 0.690 bits per heavy atom. The molecule has 29 heavy (non-hydrogen) atoms. The van der Waals surface area contributed by atoms with Crippen molar-refractivity contribution in [3.8, 4) is 0 Å². The molecule has 0 fully saturated rings. The van der Waals surface area contributed by atoms with Crippen molar-refractivity contribution in [2.75, 3.05) is 0 Å². The molecule has 1 aromatic rings. The zero-order chi connectivity index (χ0) is 22.5. The van der Waals surface area contributed by atoms with Crippen LogP contribution in [0.25, 0.3) is 0 Å². The number of aryl methyl sites for hydroxylation is 1. The van der Waals surface area contributed by atoms with Gasteiger partial charge in [0.2, 0.25) is 0 Å². The summed E-state index contributed by atoms with van der Waals surface area (Å²) >= 11 is 0. The van der Waals surface area contributed by atoms with Gasteiger partial charge in [0.05, 0.1) is 12.1 Å². The van der Waals surface area contributed by atoms with E-state index < -0.39 is 7.12 Å². The predicted molar refractivity (Wildman–Crippen MR) is 123 cm³/mol. The number of rotatable bonds is 12. The topological polar surface area (TPSA) is 101 Å². The summed E-state index contributed by atoms with van der Waals surface area (Å²) in [4.78, 5) is 0. The van der Waals surface area contributed by atoms with Crippen LogP contribution in [0.5, 0.6) is 0 Å². The van der Waals surface area contributed by atoms with Crippen molar-refractivity contribution in [1.82, 2.24) is 0 Å². The molecule has 0 heterocycles. The van der Waals surface area contributed by atoms with Gasteiger partial charge in [0.1, 0.15) is 0 Å². The minimum atomic E-state index is -1.85. The summed E-state index contributed by atoms with van der Waals surface area (Å²) in [7, 11) is -1.85. The number of quaternary nitrogens is 2. The van der Waals surface area contributed by atoms with Crippen LogP contribution in [0.3, 0.4) is 0 Å². The first kappa shape index (κ1) is 30.3. The molecule has 5 heteroatoms. The van der Waals surface area contributed by atoms with Crippen molar-refractivity contribution >= 4 is 12.6 Å². The van der Waals surface area contributed by atoms with E-state index in [1.807, 2.05) is 12.1 Å². The molecular weight excluding hydrogens is 359 g/mol. The van der Waals surface area contributed by atoms with Crippen LogP contribution in [0.15, 0.2) is 24.3 Å². The van der Waals surface area contributed by atoms with E-state index in [4.69, 9.17) is 0 Å². The predicted octanol–water partition coefficient (Wildman–Crippen LogP) is 1.84. The average Bonchev–Trinajstić information content (AvgIpc) is 2.63. The molecule has 0 aliphatic heterocycles. The molecular formula is C24H49BN2O2. The molecule has 6 N–H and O–H groups in total. The van der Waals surface area contributed by atoms with Crippen molar-refractivity contribution in [2.45, 2.75) is 117 Å². The van der Waals surface area contributed by atoms with Gasteiger partial charge in [-0.05, 0) is 46.1 Å². The lowest BCUT2D eigenvalue weighted by atomic mass is 9.80. The molecule has 0 saturated heterocycles. The van der Waals surface area contributed by atoms with Crippen LogP contribution in [-0.2, 0) is 6.42 Å². The van der Waals surface area contributed by atoms with E-state index in [1.165, 1.54) is 69.8 Å². The van der Waals surface area contributed by atoms with Gasteiger partial charge in [0.15, 0.2) is 0 Å². The summed E-state index contributed by atoms with van der Waals surface area (Å²) < 4.78 is 0. The Morgan fingerprint density at radius 2 is 1.03 bits per heavy atom. The van der Waals surface area contributed by atoms with E-state index in [-0.39, 0.29) is 0 Å².